The van der Waals surface area contributed by atoms with Gasteiger partial charge in [-0.25, -0.2) is 14.6 Å². The van der Waals surface area contributed by atoms with Gasteiger partial charge in [-0.1, -0.05) is 65.9 Å². The minimum atomic E-state index is -0.827. The number of carbonyl (C=O) groups excluding carboxylic acids is 2. The molecule has 0 aliphatic heterocycles. The van der Waals surface area contributed by atoms with Crippen molar-refractivity contribution >= 4 is 34.6 Å². The Bertz CT molecular complexity index is 1980. The lowest BCUT2D eigenvalue weighted by Gasteiger charge is -2.37. The number of hydrogen-bond donors (Lipinski definition) is 4. The number of aliphatic hydroxyl groups is 2. The van der Waals surface area contributed by atoms with E-state index in [-0.39, 0.29) is 61.4 Å². The normalized spacial score (nSPS) is 18.5. The van der Waals surface area contributed by atoms with E-state index in [2.05, 4.69) is 43.0 Å². The number of aliphatic hydroxyl groups excluding tert-OH is 2. The smallest absolute Gasteiger partial charge is 0.331 e. The maximum atomic E-state index is 13.8. The maximum Gasteiger partial charge on any atom is 0.331 e. The maximum absolute atomic E-state index is 13.8. The summed E-state index contributed by atoms with van der Waals surface area (Å²) in [6, 6.07) is 11.2. The van der Waals surface area contributed by atoms with E-state index in [9.17, 15) is 19.8 Å². The molecule has 2 aromatic carbocycles. The van der Waals surface area contributed by atoms with Crippen molar-refractivity contribution in [3.8, 4) is 22.9 Å². The average Bonchev–Trinajstić information content (AvgIpc) is 3.76. The first-order valence-electron chi connectivity index (χ1n) is 20.4. The number of H-pyrrole nitrogens is 1. The molecule has 2 heterocycles. The van der Waals surface area contributed by atoms with Crippen LogP contribution < -0.4 is 14.8 Å². The first kappa shape index (κ1) is 43.1. The Balaban J connectivity index is 1.43. The van der Waals surface area contributed by atoms with Crippen molar-refractivity contribution in [1.29, 1.82) is 0 Å². The highest BCUT2D eigenvalue weighted by atomic mass is 16.5. The molecule has 1 aliphatic rings. The molecule has 1 fully saturated rings. The number of carbonyl (C=O) groups is 2. The van der Waals surface area contributed by atoms with Gasteiger partial charge in [-0.2, -0.15) is 0 Å². The topological polar surface area (TPSA) is 155 Å². The summed E-state index contributed by atoms with van der Waals surface area (Å²) < 4.78 is 20.0. The zero-order valence-electron chi connectivity index (χ0n) is 34.3. The Hall–Kier alpha value is -5.06. The molecule has 4 aromatic rings. The van der Waals surface area contributed by atoms with Crippen LogP contribution in [0.15, 0.2) is 42.6 Å². The Morgan fingerprint density at radius 2 is 1.67 bits per heavy atom. The van der Waals surface area contributed by atoms with E-state index < -0.39 is 12.1 Å². The number of aromatic amines is 1. The van der Waals surface area contributed by atoms with Crippen LogP contribution in [0.25, 0.3) is 21.9 Å². The van der Waals surface area contributed by atoms with Crippen LogP contribution in [0, 0.1) is 31.2 Å². The van der Waals surface area contributed by atoms with Gasteiger partial charge in [0.25, 0.3) is 5.91 Å². The van der Waals surface area contributed by atoms with E-state index in [1.165, 1.54) is 11.3 Å². The number of benzene rings is 2. The predicted octanol–water partition coefficient (Wildman–Crippen LogP) is 8.48. The number of hydrogen-bond acceptors (Lipinski definition) is 9. The number of nitrogens with one attached hydrogen (secondary N) is 2. The van der Waals surface area contributed by atoms with Crippen molar-refractivity contribution in [2.24, 2.45) is 17.8 Å². The average molecular weight is 785 g/mol. The van der Waals surface area contributed by atoms with Crippen LogP contribution in [0.1, 0.15) is 101 Å². The summed E-state index contributed by atoms with van der Waals surface area (Å²) in [5.41, 5.74) is 3.48. The van der Waals surface area contributed by atoms with Crippen LogP contribution in [0.2, 0.25) is 0 Å². The van der Waals surface area contributed by atoms with Crippen molar-refractivity contribution in [2.45, 2.75) is 105 Å². The fraction of sp³-hybridized carbons (Fsp3) is 0.545. The highest BCUT2D eigenvalue weighted by Gasteiger charge is 2.36. The summed E-state index contributed by atoms with van der Waals surface area (Å²) in [4.78, 5) is 37.4. The highest BCUT2D eigenvalue weighted by molar-refractivity contribution is 6.03. The summed E-state index contributed by atoms with van der Waals surface area (Å²) in [7, 11) is 1.58. The first-order chi connectivity index (χ1) is 27.5. The van der Waals surface area contributed by atoms with Gasteiger partial charge in [0.15, 0.2) is 17.6 Å². The van der Waals surface area contributed by atoms with Crippen LogP contribution in [0.3, 0.4) is 0 Å². The van der Waals surface area contributed by atoms with Crippen molar-refractivity contribution in [3.05, 3.63) is 65.1 Å². The van der Waals surface area contributed by atoms with Gasteiger partial charge in [-0.3, -0.25) is 14.4 Å². The van der Waals surface area contributed by atoms with E-state index in [4.69, 9.17) is 25.8 Å². The lowest BCUT2D eigenvalue weighted by Crippen LogP contribution is -2.44. The van der Waals surface area contributed by atoms with Gasteiger partial charge in [0.2, 0.25) is 5.69 Å². The van der Waals surface area contributed by atoms with Crippen LogP contribution >= 0.6 is 0 Å². The first-order valence-corrected chi connectivity index (χ1v) is 20.4. The monoisotopic (exact) mass is 784 g/mol. The minimum Gasteiger partial charge on any atom is -0.495 e. The standard InChI is InChI=1S/C44H60N6O7/c1-8-9-10-11-12-13-14-38(43(53)49(19-21-51)20-22-52)56-37-17-15-28(2)25-33(37)46-34-26-32(16-18-36(34)55-7)41-47-42-39(35(45-6)27-50(42)48-41)44(54)57-40-30(4)23-29(3)24-31(40)5/h15-18,25-27,29-31,38,40,46,51-52H,8-14,19-24H2,1-5,7H3,(H,47,48). The molecule has 0 radical (unpaired) electrons. The largest absolute Gasteiger partial charge is 0.495 e. The number of nitrogens with zero attached hydrogens (tertiary/aromatic N) is 4. The van der Waals surface area contributed by atoms with Crippen molar-refractivity contribution in [3.63, 3.8) is 0 Å². The van der Waals surface area contributed by atoms with E-state index >= 15 is 0 Å². The number of aromatic nitrogens is 3. The van der Waals surface area contributed by atoms with Crippen molar-refractivity contribution in [1.82, 2.24) is 19.5 Å². The third-order valence-electron chi connectivity index (χ3n) is 10.9. The van der Waals surface area contributed by atoms with Crippen molar-refractivity contribution < 1.29 is 34.0 Å². The minimum absolute atomic E-state index is 0.0981. The summed E-state index contributed by atoms with van der Waals surface area (Å²) in [6.45, 7) is 18.1. The zero-order valence-corrected chi connectivity index (χ0v) is 34.3. The van der Waals surface area contributed by atoms with Crippen LogP contribution in [-0.2, 0) is 9.53 Å². The number of aryl methyl sites for hydroxylation is 1. The SMILES string of the molecule is [C-]#[N+]c1cn2[nH]c(-c3ccc(OC)c(Nc4cc(C)ccc4OC(CCCCCCCC)C(=O)N(CCO)CCO)c3)nc2c1C(=O)OC1C(C)CC(C)CC1C. The molecule has 0 spiro atoms. The number of amides is 1. The second-order valence-corrected chi connectivity index (χ2v) is 15.6. The van der Waals surface area contributed by atoms with Gasteiger partial charge < -0.3 is 34.6 Å². The summed E-state index contributed by atoms with van der Waals surface area (Å²) in [6.07, 6.45) is 9.26. The molecule has 2 aromatic heterocycles. The van der Waals surface area contributed by atoms with Gasteiger partial charge in [-0.05, 0) is 86.3 Å². The van der Waals surface area contributed by atoms with E-state index in [1.807, 2.05) is 43.3 Å². The Kier molecular flexibility index (Phi) is 15.4. The summed E-state index contributed by atoms with van der Waals surface area (Å²) in [5.74, 6) is 1.62. The van der Waals surface area contributed by atoms with Gasteiger partial charge in [-0.15, -0.1) is 0 Å². The molecular weight excluding hydrogens is 725 g/mol. The highest BCUT2D eigenvalue weighted by Crippen LogP contribution is 2.39. The van der Waals surface area contributed by atoms with Gasteiger partial charge in [0.05, 0.1) is 38.3 Å². The fourth-order valence-corrected chi connectivity index (χ4v) is 8.16. The number of fused-ring (bicyclic) bond motifs is 1. The summed E-state index contributed by atoms with van der Waals surface area (Å²) in [5, 5.41) is 26.0. The second kappa shape index (κ2) is 20.4. The molecule has 57 heavy (non-hydrogen) atoms. The Morgan fingerprint density at radius 3 is 2.33 bits per heavy atom. The second-order valence-electron chi connectivity index (χ2n) is 15.6. The molecule has 0 bridgehead atoms. The van der Waals surface area contributed by atoms with E-state index in [0.717, 1.165) is 50.5 Å². The summed E-state index contributed by atoms with van der Waals surface area (Å²) >= 11 is 0. The van der Waals surface area contributed by atoms with E-state index in [1.54, 1.807) is 17.8 Å². The number of unbranched alkanes of at least 4 members (excludes halogenated alkanes) is 5. The molecule has 3 unspecified atom stereocenters. The molecule has 1 amide bonds. The van der Waals surface area contributed by atoms with Crippen LogP contribution in [0.5, 0.6) is 11.5 Å². The molecule has 5 rings (SSSR count). The lowest BCUT2D eigenvalue weighted by atomic mass is 9.75. The molecule has 1 saturated carbocycles. The predicted molar refractivity (Wildman–Crippen MR) is 221 cm³/mol. The molecule has 13 nitrogen and oxygen atoms in total. The molecule has 1 aliphatic carbocycles. The Morgan fingerprint density at radius 1 is 1.00 bits per heavy atom. The number of ether oxygens (including phenoxy) is 3. The van der Waals surface area contributed by atoms with E-state index in [0.29, 0.717) is 52.2 Å². The third kappa shape index (κ3) is 10.7. The molecule has 3 atom stereocenters. The molecule has 13 heteroatoms. The fourth-order valence-electron chi connectivity index (χ4n) is 8.16. The third-order valence-corrected chi connectivity index (χ3v) is 10.9. The van der Waals surface area contributed by atoms with Gasteiger partial charge in [0.1, 0.15) is 23.2 Å². The number of methoxy groups -OCH3 is 1. The van der Waals surface area contributed by atoms with Gasteiger partial charge in [0, 0.05) is 24.8 Å². The molecule has 0 saturated heterocycles. The van der Waals surface area contributed by atoms with Crippen LogP contribution in [0.4, 0.5) is 17.1 Å². The number of rotatable bonds is 20. The quantitative estimate of drug-likeness (QED) is 0.0392. The lowest BCUT2D eigenvalue weighted by molar-refractivity contribution is -0.140. The van der Waals surface area contributed by atoms with Gasteiger partial charge >= 0.3 is 5.97 Å². The Labute approximate surface area is 336 Å². The number of esters is 1. The number of anilines is 2. The molecule has 308 valence electrons. The van der Waals surface area contributed by atoms with Crippen molar-refractivity contribution in [2.75, 3.05) is 38.7 Å². The molecule has 4 N–H and O–H groups in total. The molecular formula is C44H60N6O7. The zero-order chi connectivity index (χ0) is 41.1. The van der Waals surface area contributed by atoms with Crippen LogP contribution in [-0.4, -0.2) is 87.2 Å².